The van der Waals surface area contributed by atoms with Crippen LogP contribution in [0.15, 0.2) is 51.8 Å². The summed E-state index contributed by atoms with van der Waals surface area (Å²) in [5, 5.41) is 10.5. The molecule has 1 saturated heterocycles. The van der Waals surface area contributed by atoms with Crippen molar-refractivity contribution < 1.29 is 17.6 Å². The van der Waals surface area contributed by atoms with Crippen LogP contribution in [-0.4, -0.2) is 41.4 Å². The SMILES string of the molecule is Cc1ccc(S(=O)(=O)N2CCCC2C(=O)Nc2nnc(-c3cc(C)cc(C)c3)o2)cc1. The van der Waals surface area contributed by atoms with Crippen LogP contribution in [0.5, 0.6) is 0 Å². The molecule has 4 rings (SSSR count). The van der Waals surface area contributed by atoms with Gasteiger partial charge in [0.25, 0.3) is 0 Å². The fourth-order valence-corrected chi connectivity index (χ4v) is 5.47. The Morgan fingerprint density at radius 1 is 1.03 bits per heavy atom. The summed E-state index contributed by atoms with van der Waals surface area (Å²) in [6.45, 7) is 6.11. The molecule has 1 atom stereocenters. The number of carbonyl (C=O) groups is 1. The van der Waals surface area contributed by atoms with Crippen molar-refractivity contribution in [1.29, 1.82) is 0 Å². The summed E-state index contributed by atoms with van der Waals surface area (Å²) in [4.78, 5) is 13.0. The molecule has 1 aliphatic rings. The van der Waals surface area contributed by atoms with E-state index in [0.29, 0.717) is 12.8 Å². The van der Waals surface area contributed by atoms with Gasteiger partial charge in [0.2, 0.25) is 21.8 Å². The summed E-state index contributed by atoms with van der Waals surface area (Å²) in [5.41, 5.74) is 3.84. The van der Waals surface area contributed by atoms with E-state index in [9.17, 15) is 13.2 Å². The number of amides is 1. The summed E-state index contributed by atoms with van der Waals surface area (Å²) in [5.74, 6) is -0.193. The largest absolute Gasteiger partial charge is 0.403 e. The van der Waals surface area contributed by atoms with E-state index in [2.05, 4.69) is 15.5 Å². The standard InChI is InChI=1S/C22H24N4O4S/c1-14-6-8-18(9-7-14)31(28,29)26-10-4-5-19(26)20(27)23-22-25-24-21(30-22)17-12-15(2)11-16(3)13-17/h6-9,11-13,19H,4-5,10H2,1-3H3,(H,23,25,27). The smallest absolute Gasteiger partial charge is 0.322 e. The van der Waals surface area contributed by atoms with Gasteiger partial charge in [0.05, 0.1) is 4.90 Å². The lowest BCUT2D eigenvalue weighted by atomic mass is 10.1. The van der Waals surface area contributed by atoms with Crippen LogP contribution in [0.4, 0.5) is 6.01 Å². The number of benzene rings is 2. The highest BCUT2D eigenvalue weighted by atomic mass is 32.2. The molecule has 8 nitrogen and oxygen atoms in total. The maximum atomic E-state index is 13.1. The number of nitrogens with zero attached hydrogens (tertiary/aromatic N) is 3. The summed E-state index contributed by atoms with van der Waals surface area (Å²) >= 11 is 0. The molecule has 1 fully saturated rings. The third-order valence-electron chi connectivity index (χ3n) is 5.26. The minimum atomic E-state index is -3.78. The number of hydrogen-bond acceptors (Lipinski definition) is 6. The van der Waals surface area contributed by atoms with Crippen LogP contribution in [0.2, 0.25) is 0 Å². The van der Waals surface area contributed by atoms with E-state index in [1.807, 2.05) is 39.0 Å². The van der Waals surface area contributed by atoms with E-state index < -0.39 is 22.0 Å². The molecular formula is C22H24N4O4S. The van der Waals surface area contributed by atoms with Gasteiger partial charge in [-0.25, -0.2) is 8.42 Å². The number of aromatic nitrogens is 2. The van der Waals surface area contributed by atoms with Crippen LogP contribution in [0.25, 0.3) is 11.5 Å². The van der Waals surface area contributed by atoms with Gasteiger partial charge in [-0.2, -0.15) is 4.31 Å². The van der Waals surface area contributed by atoms with Crippen molar-refractivity contribution in [3.8, 4) is 11.5 Å². The zero-order chi connectivity index (χ0) is 22.2. The van der Waals surface area contributed by atoms with Crippen LogP contribution >= 0.6 is 0 Å². The van der Waals surface area contributed by atoms with Crippen molar-refractivity contribution in [2.75, 3.05) is 11.9 Å². The number of sulfonamides is 1. The van der Waals surface area contributed by atoms with Gasteiger partial charge in [-0.05, 0) is 57.9 Å². The Balaban J connectivity index is 1.52. The van der Waals surface area contributed by atoms with Crippen molar-refractivity contribution in [1.82, 2.24) is 14.5 Å². The quantitative estimate of drug-likeness (QED) is 0.651. The third kappa shape index (κ3) is 4.38. The molecule has 3 aromatic rings. The predicted octanol–water partition coefficient (Wildman–Crippen LogP) is 3.45. The average molecular weight is 441 g/mol. The van der Waals surface area contributed by atoms with Gasteiger partial charge in [0.15, 0.2) is 0 Å². The molecule has 162 valence electrons. The lowest BCUT2D eigenvalue weighted by Crippen LogP contribution is -2.43. The van der Waals surface area contributed by atoms with Crippen molar-refractivity contribution in [2.24, 2.45) is 0 Å². The third-order valence-corrected chi connectivity index (χ3v) is 7.18. The van der Waals surface area contributed by atoms with Crippen LogP contribution in [0, 0.1) is 20.8 Å². The number of rotatable bonds is 5. The van der Waals surface area contributed by atoms with Crippen molar-refractivity contribution in [3.63, 3.8) is 0 Å². The number of aryl methyl sites for hydroxylation is 3. The molecule has 0 aliphatic carbocycles. The summed E-state index contributed by atoms with van der Waals surface area (Å²) in [6, 6.07) is 11.6. The van der Waals surface area contributed by atoms with Gasteiger partial charge in [0.1, 0.15) is 6.04 Å². The summed E-state index contributed by atoms with van der Waals surface area (Å²) in [7, 11) is -3.78. The second-order valence-electron chi connectivity index (χ2n) is 7.86. The van der Waals surface area contributed by atoms with Crippen LogP contribution < -0.4 is 5.32 Å². The van der Waals surface area contributed by atoms with E-state index in [0.717, 1.165) is 22.3 Å². The van der Waals surface area contributed by atoms with Crippen molar-refractivity contribution in [2.45, 2.75) is 44.6 Å². The lowest BCUT2D eigenvalue weighted by Gasteiger charge is -2.22. The lowest BCUT2D eigenvalue weighted by molar-refractivity contribution is -0.119. The molecule has 9 heteroatoms. The average Bonchev–Trinajstić information content (AvgIpc) is 3.37. The van der Waals surface area contributed by atoms with Gasteiger partial charge >= 0.3 is 6.01 Å². The Labute approximate surface area is 181 Å². The molecule has 0 bridgehead atoms. The highest BCUT2D eigenvalue weighted by Gasteiger charge is 2.39. The molecule has 1 N–H and O–H groups in total. The number of nitrogens with one attached hydrogen (secondary N) is 1. The van der Waals surface area contributed by atoms with Gasteiger partial charge in [-0.1, -0.05) is 40.0 Å². The number of anilines is 1. The second-order valence-corrected chi connectivity index (χ2v) is 9.76. The molecule has 31 heavy (non-hydrogen) atoms. The Hall–Kier alpha value is -3.04. The molecule has 0 radical (unpaired) electrons. The molecule has 0 saturated carbocycles. The minimum absolute atomic E-state index is 0.0567. The Morgan fingerprint density at radius 3 is 2.39 bits per heavy atom. The zero-order valence-corrected chi connectivity index (χ0v) is 18.4. The van der Waals surface area contributed by atoms with Gasteiger partial charge < -0.3 is 4.42 Å². The maximum absolute atomic E-state index is 13.1. The molecule has 2 aromatic carbocycles. The van der Waals surface area contributed by atoms with E-state index in [1.165, 1.54) is 4.31 Å². The van der Waals surface area contributed by atoms with Crippen LogP contribution in [0.1, 0.15) is 29.5 Å². The first-order valence-electron chi connectivity index (χ1n) is 10.1. The zero-order valence-electron chi connectivity index (χ0n) is 17.6. The first-order chi connectivity index (χ1) is 14.7. The van der Waals surface area contributed by atoms with Crippen LogP contribution in [0.3, 0.4) is 0 Å². The van der Waals surface area contributed by atoms with E-state index in [1.54, 1.807) is 24.3 Å². The Bertz CT molecular complexity index is 1200. The highest BCUT2D eigenvalue weighted by Crippen LogP contribution is 2.28. The molecule has 1 unspecified atom stereocenters. The number of hydrogen-bond donors (Lipinski definition) is 1. The summed E-state index contributed by atoms with van der Waals surface area (Å²) in [6.07, 6.45) is 1.02. The molecule has 0 spiro atoms. The summed E-state index contributed by atoms with van der Waals surface area (Å²) < 4.78 is 33.0. The molecule has 1 aliphatic heterocycles. The first-order valence-corrected chi connectivity index (χ1v) is 11.5. The van der Waals surface area contributed by atoms with E-state index >= 15 is 0 Å². The number of carbonyl (C=O) groups excluding carboxylic acids is 1. The van der Waals surface area contributed by atoms with Gasteiger partial charge in [-0.15, -0.1) is 5.10 Å². The molecular weight excluding hydrogens is 416 g/mol. The first kappa shape index (κ1) is 21.2. The monoisotopic (exact) mass is 440 g/mol. The molecule has 2 heterocycles. The highest BCUT2D eigenvalue weighted by molar-refractivity contribution is 7.89. The predicted molar refractivity (Wildman–Crippen MR) is 116 cm³/mol. The fraction of sp³-hybridized carbons (Fsp3) is 0.318. The molecule has 1 aromatic heterocycles. The van der Waals surface area contributed by atoms with Gasteiger partial charge in [-0.3, -0.25) is 10.1 Å². The molecule has 1 amide bonds. The van der Waals surface area contributed by atoms with E-state index in [-0.39, 0.29) is 23.3 Å². The Kier molecular flexibility index (Phi) is 5.63. The Morgan fingerprint density at radius 2 is 1.71 bits per heavy atom. The van der Waals surface area contributed by atoms with Gasteiger partial charge in [0, 0.05) is 12.1 Å². The fourth-order valence-electron chi connectivity index (χ4n) is 3.81. The van der Waals surface area contributed by atoms with Crippen molar-refractivity contribution in [3.05, 3.63) is 59.2 Å². The second kappa shape index (κ2) is 8.24. The topological polar surface area (TPSA) is 105 Å². The maximum Gasteiger partial charge on any atom is 0.322 e. The van der Waals surface area contributed by atoms with Crippen molar-refractivity contribution >= 4 is 21.9 Å². The minimum Gasteiger partial charge on any atom is -0.403 e. The van der Waals surface area contributed by atoms with Crippen LogP contribution in [-0.2, 0) is 14.8 Å². The van der Waals surface area contributed by atoms with E-state index in [4.69, 9.17) is 4.42 Å². The normalized spacial score (nSPS) is 17.1.